The molecule has 0 saturated heterocycles. The Morgan fingerprint density at radius 3 is 2.47 bits per heavy atom. The van der Waals surface area contributed by atoms with Crippen LogP contribution in [-0.2, 0) is 12.6 Å². The molecule has 0 radical (unpaired) electrons. The Morgan fingerprint density at radius 1 is 1.11 bits per heavy atom. The molecule has 0 N–H and O–H groups in total. The number of pyridine rings is 1. The maximum atomic E-state index is 12.8. The van der Waals surface area contributed by atoms with Crippen molar-refractivity contribution in [3.63, 3.8) is 0 Å². The molecule has 0 aliphatic rings. The number of carbonyl (C=O) groups excluding carboxylic acids is 1. The number of alkyl halides is 3. The second kappa shape index (κ2) is 5.22. The molecule has 0 aliphatic carbocycles. The molecule has 2 rings (SSSR count). The van der Waals surface area contributed by atoms with Gasteiger partial charge in [0.2, 0.25) is 0 Å². The quantitative estimate of drug-likeness (QED) is 0.795. The lowest BCUT2D eigenvalue weighted by Gasteiger charge is -2.11. The standard InChI is InChI=1S/C14H10F3NO/c15-14(16,17)12-6-2-1-5-11(12)13(19)8-10-4-3-7-18-9-10/h1-7,9H,8H2. The van der Waals surface area contributed by atoms with Crippen LogP contribution in [0.4, 0.5) is 13.2 Å². The van der Waals surface area contributed by atoms with E-state index in [1.807, 2.05) is 0 Å². The summed E-state index contributed by atoms with van der Waals surface area (Å²) in [6, 6.07) is 8.09. The molecule has 2 nitrogen and oxygen atoms in total. The molecular formula is C14H10F3NO. The van der Waals surface area contributed by atoms with Crippen molar-refractivity contribution in [2.45, 2.75) is 12.6 Å². The van der Waals surface area contributed by atoms with Gasteiger partial charge < -0.3 is 0 Å². The SMILES string of the molecule is O=C(Cc1cccnc1)c1ccccc1C(F)(F)F. The van der Waals surface area contributed by atoms with Crippen LogP contribution in [0.2, 0.25) is 0 Å². The number of rotatable bonds is 3. The molecule has 1 aromatic heterocycles. The Morgan fingerprint density at radius 2 is 1.84 bits per heavy atom. The van der Waals surface area contributed by atoms with Gasteiger partial charge in [0.05, 0.1) is 5.56 Å². The molecule has 1 heterocycles. The van der Waals surface area contributed by atoms with E-state index in [1.165, 1.54) is 30.6 Å². The average Bonchev–Trinajstić information content (AvgIpc) is 2.39. The molecular weight excluding hydrogens is 255 g/mol. The number of hydrogen-bond donors (Lipinski definition) is 0. The highest BCUT2D eigenvalue weighted by Crippen LogP contribution is 2.32. The van der Waals surface area contributed by atoms with E-state index in [2.05, 4.69) is 4.98 Å². The first-order valence-corrected chi connectivity index (χ1v) is 5.57. The third-order valence-electron chi connectivity index (χ3n) is 2.62. The number of aromatic nitrogens is 1. The minimum absolute atomic E-state index is 0.0963. The number of ketones is 1. The Hall–Kier alpha value is -2.17. The van der Waals surface area contributed by atoms with Gasteiger partial charge >= 0.3 is 6.18 Å². The summed E-state index contributed by atoms with van der Waals surface area (Å²) in [4.78, 5) is 15.8. The summed E-state index contributed by atoms with van der Waals surface area (Å²) in [6.45, 7) is 0. The fourth-order valence-electron chi connectivity index (χ4n) is 1.76. The van der Waals surface area contributed by atoms with E-state index in [-0.39, 0.29) is 12.0 Å². The van der Waals surface area contributed by atoms with Crippen LogP contribution in [0.25, 0.3) is 0 Å². The second-order valence-corrected chi connectivity index (χ2v) is 4.00. The third-order valence-corrected chi connectivity index (χ3v) is 2.62. The minimum atomic E-state index is -4.53. The Bertz CT molecular complexity index is 579. The van der Waals surface area contributed by atoms with Crippen molar-refractivity contribution < 1.29 is 18.0 Å². The number of Topliss-reactive ketones (excluding diaryl/α,β-unsaturated/α-hetero) is 1. The summed E-state index contributed by atoms with van der Waals surface area (Å²) < 4.78 is 38.3. The van der Waals surface area contributed by atoms with Gasteiger partial charge in [-0.15, -0.1) is 0 Å². The Labute approximate surface area is 107 Å². The molecule has 2 aromatic rings. The van der Waals surface area contributed by atoms with Crippen molar-refractivity contribution in [1.29, 1.82) is 0 Å². The van der Waals surface area contributed by atoms with Gasteiger partial charge in [-0.2, -0.15) is 13.2 Å². The van der Waals surface area contributed by atoms with E-state index in [0.29, 0.717) is 5.56 Å². The summed E-state index contributed by atoms with van der Waals surface area (Å²) >= 11 is 0. The molecule has 0 spiro atoms. The van der Waals surface area contributed by atoms with Gasteiger partial charge in [-0.3, -0.25) is 9.78 Å². The highest BCUT2D eigenvalue weighted by atomic mass is 19.4. The third kappa shape index (κ3) is 3.19. The summed E-state index contributed by atoms with van der Waals surface area (Å²) in [5.74, 6) is -0.569. The van der Waals surface area contributed by atoms with Crippen LogP contribution in [0.1, 0.15) is 21.5 Å². The number of hydrogen-bond acceptors (Lipinski definition) is 2. The van der Waals surface area contributed by atoms with Crippen LogP contribution in [0.3, 0.4) is 0 Å². The summed E-state index contributed by atoms with van der Waals surface area (Å²) in [5.41, 5.74) is -0.618. The molecule has 1 aromatic carbocycles. The van der Waals surface area contributed by atoms with E-state index in [4.69, 9.17) is 0 Å². The fraction of sp³-hybridized carbons (Fsp3) is 0.143. The van der Waals surface area contributed by atoms with E-state index < -0.39 is 17.5 Å². The van der Waals surface area contributed by atoms with Crippen LogP contribution in [0.5, 0.6) is 0 Å². The maximum Gasteiger partial charge on any atom is 0.417 e. The van der Waals surface area contributed by atoms with Gasteiger partial charge in [0.1, 0.15) is 0 Å². The lowest BCUT2D eigenvalue weighted by molar-refractivity contribution is -0.137. The lowest BCUT2D eigenvalue weighted by Crippen LogP contribution is -2.14. The lowest BCUT2D eigenvalue weighted by atomic mass is 9.99. The first-order valence-electron chi connectivity index (χ1n) is 5.57. The summed E-state index contributed by atoms with van der Waals surface area (Å²) in [5, 5.41) is 0. The van der Waals surface area contributed by atoms with Crippen molar-refractivity contribution >= 4 is 5.78 Å². The number of halogens is 3. The molecule has 0 fully saturated rings. The van der Waals surface area contributed by atoms with Crippen molar-refractivity contribution in [2.75, 3.05) is 0 Å². The second-order valence-electron chi connectivity index (χ2n) is 4.00. The van der Waals surface area contributed by atoms with Crippen molar-refractivity contribution in [2.24, 2.45) is 0 Å². The number of benzene rings is 1. The predicted octanol–water partition coefficient (Wildman–Crippen LogP) is 3.53. The van der Waals surface area contributed by atoms with Crippen LogP contribution < -0.4 is 0 Å². The van der Waals surface area contributed by atoms with Crippen molar-refractivity contribution in [1.82, 2.24) is 4.98 Å². The molecule has 0 unspecified atom stereocenters. The number of carbonyl (C=O) groups is 1. The zero-order valence-electron chi connectivity index (χ0n) is 9.82. The normalized spacial score (nSPS) is 11.3. The van der Waals surface area contributed by atoms with Crippen molar-refractivity contribution in [3.8, 4) is 0 Å². The predicted molar refractivity (Wildman–Crippen MR) is 63.7 cm³/mol. The maximum absolute atomic E-state index is 12.8. The highest BCUT2D eigenvalue weighted by Gasteiger charge is 2.34. The largest absolute Gasteiger partial charge is 0.417 e. The van der Waals surface area contributed by atoms with E-state index in [0.717, 1.165) is 6.07 Å². The first kappa shape index (κ1) is 13.3. The summed E-state index contributed by atoms with van der Waals surface area (Å²) in [6.07, 6.45) is -1.62. The van der Waals surface area contributed by atoms with Crippen LogP contribution in [0, 0.1) is 0 Å². The zero-order valence-corrected chi connectivity index (χ0v) is 9.82. The molecule has 0 saturated carbocycles. The molecule has 98 valence electrons. The zero-order chi connectivity index (χ0) is 13.9. The van der Waals surface area contributed by atoms with Gasteiger partial charge in [-0.25, -0.2) is 0 Å². The molecule has 0 bridgehead atoms. The molecule has 19 heavy (non-hydrogen) atoms. The van der Waals surface area contributed by atoms with Crippen LogP contribution in [0.15, 0.2) is 48.8 Å². The summed E-state index contributed by atoms with van der Waals surface area (Å²) in [7, 11) is 0. The average molecular weight is 265 g/mol. The van der Waals surface area contributed by atoms with E-state index >= 15 is 0 Å². The van der Waals surface area contributed by atoms with E-state index in [1.54, 1.807) is 12.1 Å². The monoisotopic (exact) mass is 265 g/mol. The molecule has 0 atom stereocenters. The van der Waals surface area contributed by atoms with Gasteiger partial charge in [0.25, 0.3) is 0 Å². The first-order chi connectivity index (χ1) is 8.98. The fourth-order valence-corrected chi connectivity index (χ4v) is 1.76. The van der Waals surface area contributed by atoms with Crippen molar-refractivity contribution in [3.05, 3.63) is 65.5 Å². The van der Waals surface area contributed by atoms with Gasteiger partial charge in [-0.1, -0.05) is 24.3 Å². The Balaban J connectivity index is 2.30. The van der Waals surface area contributed by atoms with Crippen LogP contribution >= 0.6 is 0 Å². The minimum Gasteiger partial charge on any atom is -0.294 e. The topological polar surface area (TPSA) is 30.0 Å². The molecule has 5 heteroatoms. The van der Waals surface area contributed by atoms with Gasteiger partial charge in [-0.05, 0) is 17.7 Å². The molecule has 0 aliphatic heterocycles. The van der Waals surface area contributed by atoms with Gasteiger partial charge in [0.15, 0.2) is 5.78 Å². The van der Waals surface area contributed by atoms with Crippen LogP contribution in [-0.4, -0.2) is 10.8 Å². The van der Waals surface area contributed by atoms with Gasteiger partial charge in [0, 0.05) is 24.4 Å². The highest BCUT2D eigenvalue weighted by molar-refractivity contribution is 5.99. The molecule has 0 amide bonds. The smallest absolute Gasteiger partial charge is 0.294 e. The number of nitrogens with zero attached hydrogens (tertiary/aromatic N) is 1. The Kier molecular flexibility index (Phi) is 3.64. The van der Waals surface area contributed by atoms with E-state index in [9.17, 15) is 18.0 Å².